The SMILES string of the molecule is Cc1ccc(-c2noc(C3CNCCO3)n2)nn1.Cl. The van der Waals surface area contributed by atoms with Gasteiger partial charge in [0.05, 0.1) is 12.3 Å². The number of aryl methyl sites for hydroxylation is 1. The van der Waals surface area contributed by atoms with Crippen LogP contribution in [-0.2, 0) is 4.74 Å². The summed E-state index contributed by atoms with van der Waals surface area (Å²) in [4.78, 5) is 4.29. The molecule has 0 amide bonds. The van der Waals surface area contributed by atoms with E-state index in [-0.39, 0.29) is 18.5 Å². The fraction of sp³-hybridized carbons (Fsp3) is 0.455. The molecule has 0 aliphatic carbocycles. The van der Waals surface area contributed by atoms with Gasteiger partial charge in [-0.3, -0.25) is 0 Å². The largest absolute Gasteiger partial charge is 0.366 e. The van der Waals surface area contributed by atoms with Crippen molar-refractivity contribution < 1.29 is 9.26 Å². The Balaban J connectivity index is 0.00000133. The number of ether oxygens (including phenoxy) is 1. The fourth-order valence-electron chi connectivity index (χ4n) is 1.71. The molecule has 19 heavy (non-hydrogen) atoms. The Morgan fingerprint density at radius 2 is 2.21 bits per heavy atom. The molecule has 102 valence electrons. The van der Waals surface area contributed by atoms with E-state index in [1.54, 1.807) is 0 Å². The minimum absolute atomic E-state index is 0. The van der Waals surface area contributed by atoms with Crippen molar-refractivity contribution in [3.8, 4) is 11.5 Å². The smallest absolute Gasteiger partial charge is 0.257 e. The van der Waals surface area contributed by atoms with Crippen LogP contribution in [0.3, 0.4) is 0 Å². The summed E-state index contributed by atoms with van der Waals surface area (Å²) in [5.41, 5.74) is 1.45. The van der Waals surface area contributed by atoms with Crippen LogP contribution >= 0.6 is 12.4 Å². The lowest BCUT2D eigenvalue weighted by Crippen LogP contribution is -2.33. The Morgan fingerprint density at radius 1 is 1.32 bits per heavy atom. The lowest BCUT2D eigenvalue weighted by molar-refractivity contribution is 0.00755. The van der Waals surface area contributed by atoms with Gasteiger partial charge in [0, 0.05) is 13.1 Å². The number of hydrogen-bond acceptors (Lipinski definition) is 7. The van der Waals surface area contributed by atoms with Crippen molar-refractivity contribution >= 4 is 12.4 Å². The number of hydrogen-bond donors (Lipinski definition) is 1. The lowest BCUT2D eigenvalue weighted by atomic mass is 10.3. The van der Waals surface area contributed by atoms with Crippen LogP contribution in [0, 0.1) is 6.92 Å². The first-order valence-electron chi connectivity index (χ1n) is 5.79. The summed E-state index contributed by atoms with van der Waals surface area (Å²) in [6.45, 7) is 4.05. The molecule has 1 atom stereocenters. The molecule has 2 aromatic heterocycles. The fourth-order valence-corrected chi connectivity index (χ4v) is 1.71. The van der Waals surface area contributed by atoms with Gasteiger partial charge < -0.3 is 14.6 Å². The highest BCUT2D eigenvalue weighted by atomic mass is 35.5. The minimum atomic E-state index is -0.182. The Morgan fingerprint density at radius 3 is 2.89 bits per heavy atom. The molecule has 7 nitrogen and oxygen atoms in total. The van der Waals surface area contributed by atoms with Crippen LogP contribution in [0.4, 0.5) is 0 Å². The highest BCUT2D eigenvalue weighted by Crippen LogP contribution is 2.19. The first-order valence-corrected chi connectivity index (χ1v) is 5.79. The van der Waals surface area contributed by atoms with Crippen LogP contribution in [0.25, 0.3) is 11.5 Å². The zero-order chi connectivity index (χ0) is 12.4. The van der Waals surface area contributed by atoms with E-state index >= 15 is 0 Å². The van der Waals surface area contributed by atoms with E-state index in [1.165, 1.54) is 0 Å². The van der Waals surface area contributed by atoms with E-state index in [9.17, 15) is 0 Å². The number of halogens is 1. The van der Waals surface area contributed by atoms with E-state index in [2.05, 4.69) is 25.7 Å². The van der Waals surface area contributed by atoms with Crippen LogP contribution in [0.2, 0.25) is 0 Å². The number of aromatic nitrogens is 4. The maximum absolute atomic E-state index is 5.54. The van der Waals surface area contributed by atoms with Crippen molar-refractivity contribution in [2.45, 2.75) is 13.0 Å². The molecule has 1 aliphatic rings. The highest BCUT2D eigenvalue weighted by molar-refractivity contribution is 5.85. The Hall–Kier alpha value is -1.57. The van der Waals surface area contributed by atoms with E-state index in [1.807, 2.05) is 19.1 Å². The molecule has 1 saturated heterocycles. The molecule has 0 saturated carbocycles. The number of nitrogens with zero attached hydrogens (tertiary/aromatic N) is 4. The molecule has 3 heterocycles. The van der Waals surface area contributed by atoms with E-state index in [0.717, 1.165) is 12.2 Å². The molecule has 1 unspecified atom stereocenters. The molecule has 1 aliphatic heterocycles. The Bertz CT molecular complexity index is 524. The summed E-state index contributed by atoms with van der Waals surface area (Å²) in [5.74, 6) is 0.909. The van der Waals surface area contributed by atoms with E-state index in [0.29, 0.717) is 30.6 Å². The van der Waals surface area contributed by atoms with Crippen LogP contribution < -0.4 is 5.32 Å². The number of nitrogens with one attached hydrogen (secondary N) is 1. The lowest BCUT2D eigenvalue weighted by Gasteiger charge is -2.19. The summed E-state index contributed by atoms with van der Waals surface area (Å²) in [6, 6.07) is 3.67. The minimum Gasteiger partial charge on any atom is -0.366 e. The van der Waals surface area contributed by atoms with Gasteiger partial charge in [0.25, 0.3) is 5.89 Å². The molecule has 8 heteroatoms. The second kappa shape index (κ2) is 6.05. The van der Waals surface area contributed by atoms with Gasteiger partial charge in [-0.1, -0.05) is 5.16 Å². The molecular formula is C11H14ClN5O2. The average molecular weight is 284 g/mol. The standard InChI is InChI=1S/C11H13N5O2.ClH/c1-7-2-3-8(15-14-7)10-13-11(18-16-10)9-6-12-4-5-17-9;/h2-3,9,12H,4-6H2,1H3;1H. The summed E-state index contributed by atoms with van der Waals surface area (Å²) >= 11 is 0. The van der Waals surface area contributed by atoms with Crippen molar-refractivity contribution in [1.82, 2.24) is 25.7 Å². The highest BCUT2D eigenvalue weighted by Gasteiger charge is 2.22. The van der Waals surface area contributed by atoms with Gasteiger partial charge in [-0.2, -0.15) is 10.1 Å². The topological polar surface area (TPSA) is 86.0 Å². The van der Waals surface area contributed by atoms with Gasteiger partial charge in [-0.25, -0.2) is 0 Å². The predicted octanol–water partition coefficient (Wildman–Crippen LogP) is 0.918. The summed E-state index contributed by atoms with van der Waals surface area (Å²) in [5, 5.41) is 15.1. The zero-order valence-corrected chi connectivity index (χ0v) is 11.2. The molecule has 1 N–H and O–H groups in total. The van der Waals surface area contributed by atoms with E-state index < -0.39 is 0 Å². The first kappa shape index (κ1) is 13.9. The monoisotopic (exact) mass is 283 g/mol. The normalized spacial score (nSPS) is 18.9. The summed E-state index contributed by atoms with van der Waals surface area (Å²) < 4.78 is 10.7. The third-order valence-electron chi connectivity index (χ3n) is 2.67. The maximum Gasteiger partial charge on any atom is 0.257 e. The van der Waals surface area contributed by atoms with Gasteiger partial charge in [0.2, 0.25) is 5.82 Å². The molecule has 0 bridgehead atoms. The van der Waals surface area contributed by atoms with Gasteiger partial charge in [-0.05, 0) is 19.1 Å². The second-order valence-corrected chi connectivity index (χ2v) is 4.08. The van der Waals surface area contributed by atoms with E-state index in [4.69, 9.17) is 9.26 Å². The first-order chi connectivity index (χ1) is 8.83. The second-order valence-electron chi connectivity index (χ2n) is 4.08. The molecule has 3 rings (SSSR count). The molecular weight excluding hydrogens is 270 g/mol. The third-order valence-corrected chi connectivity index (χ3v) is 2.67. The van der Waals surface area contributed by atoms with Crippen LogP contribution in [0.5, 0.6) is 0 Å². The molecule has 0 spiro atoms. The van der Waals surface area contributed by atoms with Gasteiger partial charge >= 0.3 is 0 Å². The van der Waals surface area contributed by atoms with Crippen LogP contribution in [0.15, 0.2) is 16.7 Å². The van der Waals surface area contributed by atoms with Crippen molar-refractivity contribution in [2.75, 3.05) is 19.7 Å². The molecule has 0 aromatic carbocycles. The van der Waals surface area contributed by atoms with Crippen molar-refractivity contribution in [3.63, 3.8) is 0 Å². The van der Waals surface area contributed by atoms with Gasteiger partial charge in [0.1, 0.15) is 11.8 Å². The maximum atomic E-state index is 5.54. The number of morpholine rings is 1. The van der Waals surface area contributed by atoms with Crippen LogP contribution in [0.1, 0.15) is 17.7 Å². The molecule has 0 radical (unpaired) electrons. The molecule has 2 aromatic rings. The molecule has 1 fully saturated rings. The van der Waals surface area contributed by atoms with Gasteiger partial charge in [0.15, 0.2) is 0 Å². The van der Waals surface area contributed by atoms with Crippen molar-refractivity contribution in [3.05, 3.63) is 23.7 Å². The summed E-state index contributed by atoms with van der Waals surface area (Å²) in [7, 11) is 0. The Kier molecular flexibility index (Phi) is 4.41. The zero-order valence-electron chi connectivity index (χ0n) is 10.4. The third kappa shape index (κ3) is 3.06. The quantitative estimate of drug-likeness (QED) is 0.877. The predicted molar refractivity (Wildman–Crippen MR) is 68.9 cm³/mol. The van der Waals surface area contributed by atoms with Crippen molar-refractivity contribution in [2.24, 2.45) is 0 Å². The number of rotatable bonds is 2. The Labute approximate surface area is 116 Å². The summed E-state index contributed by atoms with van der Waals surface area (Å²) in [6.07, 6.45) is -0.182. The van der Waals surface area contributed by atoms with Gasteiger partial charge in [-0.15, -0.1) is 17.5 Å². The average Bonchev–Trinajstić information content (AvgIpc) is 2.90. The van der Waals surface area contributed by atoms with Crippen molar-refractivity contribution in [1.29, 1.82) is 0 Å². The van der Waals surface area contributed by atoms with Crippen LogP contribution in [-0.4, -0.2) is 40.0 Å².